The van der Waals surface area contributed by atoms with Gasteiger partial charge in [0.25, 0.3) is 0 Å². The van der Waals surface area contributed by atoms with Crippen LogP contribution in [0.25, 0.3) is 0 Å². The van der Waals surface area contributed by atoms with Crippen molar-refractivity contribution in [2.24, 2.45) is 5.41 Å². The van der Waals surface area contributed by atoms with E-state index in [0.717, 1.165) is 0 Å². The summed E-state index contributed by atoms with van der Waals surface area (Å²) in [5.41, 5.74) is -0.169. The third-order valence-corrected chi connectivity index (χ3v) is 1.35. The van der Waals surface area contributed by atoms with Gasteiger partial charge in [0.15, 0.2) is 5.78 Å². The molecule has 1 N–H and O–H groups in total. The summed E-state index contributed by atoms with van der Waals surface area (Å²) in [7, 11) is 3.98. The van der Waals surface area contributed by atoms with Gasteiger partial charge < -0.3 is 4.90 Å². The Bertz CT molecular complexity index is 122. The highest BCUT2D eigenvalue weighted by Gasteiger charge is 2.22. The van der Waals surface area contributed by atoms with Crippen molar-refractivity contribution >= 4 is 5.78 Å². The molecular weight excluding hydrogens is 126 g/mol. The highest BCUT2D eigenvalue weighted by molar-refractivity contribution is 5.84. The number of ketones is 1. The van der Waals surface area contributed by atoms with Gasteiger partial charge in [-0.1, -0.05) is 20.8 Å². The van der Waals surface area contributed by atoms with E-state index in [0.29, 0.717) is 12.3 Å². The van der Waals surface area contributed by atoms with Crippen molar-refractivity contribution in [2.45, 2.75) is 20.8 Å². The van der Waals surface area contributed by atoms with Gasteiger partial charge in [-0.25, -0.2) is 0 Å². The molecule has 0 fully saturated rings. The molecule has 0 aliphatic carbocycles. The molecule has 0 atom stereocenters. The maximum Gasteiger partial charge on any atom is 0.192 e. The fourth-order valence-electron chi connectivity index (χ4n) is 0.586. The van der Waals surface area contributed by atoms with E-state index in [1.807, 2.05) is 34.9 Å². The van der Waals surface area contributed by atoms with Crippen molar-refractivity contribution in [1.82, 2.24) is 0 Å². The Kier molecular flexibility index (Phi) is 3.03. The number of hydrogen-bond acceptors (Lipinski definition) is 1. The summed E-state index contributed by atoms with van der Waals surface area (Å²) in [6.45, 7) is 6.50. The van der Waals surface area contributed by atoms with Gasteiger partial charge in [0, 0.05) is 5.41 Å². The molecule has 2 heteroatoms. The van der Waals surface area contributed by atoms with Gasteiger partial charge >= 0.3 is 0 Å². The van der Waals surface area contributed by atoms with Crippen molar-refractivity contribution in [3.8, 4) is 0 Å². The minimum atomic E-state index is -0.169. The smallest absolute Gasteiger partial charge is 0.192 e. The van der Waals surface area contributed by atoms with Crippen LogP contribution in [0, 0.1) is 5.41 Å². The maximum atomic E-state index is 11.3. The lowest BCUT2D eigenvalue weighted by molar-refractivity contribution is -0.849. The van der Waals surface area contributed by atoms with Crippen molar-refractivity contribution in [3.05, 3.63) is 0 Å². The highest BCUT2D eigenvalue weighted by Crippen LogP contribution is 2.12. The zero-order chi connectivity index (χ0) is 8.36. The lowest BCUT2D eigenvalue weighted by Crippen LogP contribution is -3.07. The fourth-order valence-corrected chi connectivity index (χ4v) is 0.586. The Hall–Kier alpha value is -0.370. The zero-order valence-electron chi connectivity index (χ0n) is 7.62. The molecular formula is C8H18NO+. The number of carbonyl (C=O) groups is 1. The predicted octanol–water partition coefficient (Wildman–Crippen LogP) is -0.254. The van der Waals surface area contributed by atoms with E-state index < -0.39 is 0 Å². The number of Topliss-reactive ketones (excluding diaryl/α,β-unsaturated/α-hetero) is 1. The second kappa shape index (κ2) is 3.15. The summed E-state index contributed by atoms with van der Waals surface area (Å²) in [6.07, 6.45) is 0. The van der Waals surface area contributed by atoms with Gasteiger partial charge in [-0.2, -0.15) is 0 Å². The standard InChI is InChI=1S/C8H17NO/c1-8(2,3)7(10)6-9(4)5/h6H2,1-5H3/p+1. The molecule has 0 aromatic heterocycles. The molecule has 0 aromatic rings. The number of nitrogens with one attached hydrogen (secondary N) is 1. The molecule has 0 aliphatic heterocycles. The number of rotatable bonds is 2. The summed E-state index contributed by atoms with van der Waals surface area (Å²) in [5, 5.41) is 0. The van der Waals surface area contributed by atoms with Crippen LogP contribution in [0.15, 0.2) is 0 Å². The number of quaternary nitrogens is 1. The van der Waals surface area contributed by atoms with Crippen molar-refractivity contribution < 1.29 is 9.69 Å². The van der Waals surface area contributed by atoms with Crippen LogP contribution in [0.5, 0.6) is 0 Å². The summed E-state index contributed by atoms with van der Waals surface area (Å²) < 4.78 is 0. The van der Waals surface area contributed by atoms with E-state index >= 15 is 0 Å². The number of likely N-dealkylation sites (N-methyl/N-ethyl adjacent to an activating group) is 1. The van der Waals surface area contributed by atoms with Gasteiger partial charge in [0.1, 0.15) is 6.54 Å². The fraction of sp³-hybridized carbons (Fsp3) is 0.875. The van der Waals surface area contributed by atoms with Crippen LogP contribution >= 0.6 is 0 Å². The van der Waals surface area contributed by atoms with Crippen LogP contribution in [-0.4, -0.2) is 26.4 Å². The van der Waals surface area contributed by atoms with Gasteiger partial charge in [-0.05, 0) is 0 Å². The molecule has 0 unspecified atom stereocenters. The van der Waals surface area contributed by atoms with Gasteiger partial charge in [0.05, 0.1) is 14.1 Å². The Labute approximate surface area is 63.2 Å². The molecule has 2 nitrogen and oxygen atoms in total. The lowest BCUT2D eigenvalue weighted by atomic mass is 9.91. The van der Waals surface area contributed by atoms with Gasteiger partial charge in [0.2, 0.25) is 0 Å². The average molecular weight is 144 g/mol. The summed E-state index contributed by atoms with van der Waals surface area (Å²) in [5.74, 6) is 0.326. The van der Waals surface area contributed by atoms with Crippen molar-refractivity contribution in [2.75, 3.05) is 20.6 Å². The van der Waals surface area contributed by atoms with Crippen LogP contribution in [-0.2, 0) is 4.79 Å². The third kappa shape index (κ3) is 3.62. The highest BCUT2D eigenvalue weighted by atomic mass is 16.1. The Morgan fingerprint density at radius 2 is 1.70 bits per heavy atom. The first-order valence-electron chi connectivity index (χ1n) is 3.66. The molecule has 60 valence electrons. The quantitative estimate of drug-likeness (QED) is 0.567. The SMILES string of the molecule is C[NH+](C)CC(=O)C(C)(C)C. The van der Waals surface area contributed by atoms with E-state index in [-0.39, 0.29) is 5.41 Å². The molecule has 0 saturated heterocycles. The van der Waals surface area contributed by atoms with Gasteiger partial charge in [-0.3, -0.25) is 4.79 Å². The topological polar surface area (TPSA) is 21.5 Å². The second-order valence-corrected chi connectivity index (χ2v) is 4.06. The van der Waals surface area contributed by atoms with Crippen LogP contribution < -0.4 is 4.90 Å². The molecule has 0 rings (SSSR count). The van der Waals surface area contributed by atoms with Crippen molar-refractivity contribution in [1.29, 1.82) is 0 Å². The van der Waals surface area contributed by atoms with Gasteiger partial charge in [-0.15, -0.1) is 0 Å². The molecule has 10 heavy (non-hydrogen) atoms. The van der Waals surface area contributed by atoms with Crippen LogP contribution in [0.3, 0.4) is 0 Å². The molecule has 0 amide bonds. The summed E-state index contributed by atoms with van der Waals surface area (Å²) in [4.78, 5) is 12.4. The molecule has 0 heterocycles. The Morgan fingerprint density at radius 1 is 1.30 bits per heavy atom. The van der Waals surface area contributed by atoms with Crippen molar-refractivity contribution in [3.63, 3.8) is 0 Å². The number of carbonyl (C=O) groups excluding carboxylic acids is 1. The minimum Gasteiger partial charge on any atom is -0.334 e. The first kappa shape index (κ1) is 9.63. The second-order valence-electron chi connectivity index (χ2n) is 4.06. The Balaban J connectivity index is 3.87. The van der Waals surface area contributed by atoms with E-state index in [1.54, 1.807) is 0 Å². The molecule has 0 aromatic carbocycles. The molecule has 0 aliphatic rings. The predicted molar refractivity (Wildman–Crippen MR) is 42.1 cm³/mol. The molecule has 0 bridgehead atoms. The molecule has 0 radical (unpaired) electrons. The zero-order valence-corrected chi connectivity index (χ0v) is 7.62. The monoisotopic (exact) mass is 144 g/mol. The normalized spacial score (nSPS) is 12.2. The third-order valence-electron chi connectivity index (χ3n) is 1.35. The minimum absolute atomic E-state index is 0.169. The van der Waals surface area contributed by atoms with E-state index in [9.17, 15) is 4.79 Å². The first-order valence-corrected chi connectivity index (χ1v) is 3.66. The van der Waals surface area contributed by atoms with E-state index in [4.69, 9.17) is 0 Å². The Morgan fingerprint density at radius 3 is 1.80 bits per heavy atom. The van der Waals surface area contributed by atoms with E-state index in [1.165, 1.54) is 4.90 Å². The summed E-state index contributed by atoms with van der Waals surface area (Å²) in [6, 6.07) is 0. The lowest BCUT2D eigenvalue weighted by Gasteiger charge is -2.17. The average Bonchev–Trinajstić information content (AvgIpc) is 1.60. The van der Waals surface area contributed by atoms with Crippen LogP contribution in [0.4, 0.5) is 0 Å². The first-order chi connectivity index (χ1) is 4.34. The van der Waals surface area contributed by atoms with E-state index in [2.05, 4.69) is 0 Å². The largest absolute Gasteiger partial charge is 0.334 e. The summed E-state index contributed by atoms with van der Waals surface area (Å²) >= 11 is 0. The molecule has 0 spiro atoms. The van der Waals surface area contributed by atoms with Crippen LogP contribution in [0.1, 0.15) is 20.8 Å². The van der Waals surface area contributed by atoms with Crippen LogP contribution in [0.2, 0.25) is 0 Å². The number of hydrogen-bond donors (Lipinski definition) is 1. The molecule has 0 saturated carbocycles. The maximum absolute atomic E-state index is 11.3.